The molecule has 0 aromatic carbocycles. The van der Waals surface area contributed by atoms with Gasteiger partial charge in [0.1, 0.15) is 0 Å². The van der Waals surface area contributed by atoms with Crippen LogP contribution in [0.25, 0.3) is 0 Å². The molecule has 9 heavy (non-hydrogen) atoms. The van der Waals surface area contributed by atoms with Crippen LogP contribution in [0.5, 0.6) is 0 Å². The Morgan fingerprint density at radius 3 is 2.33 bits per heavy atom. The van der Waals surface area contributed by atoms with Crippen molar-refractivity contribution in [3.63, 3.8) is 0 Å². The second-order valence-electron chi connectivity index (χ2n) is 2.81. The highest BCUT2D eigenvalue weighted by atomic mass is 16.5. The van der Waals surface area contributed by atoms with E-state index in [1.807, 2.05) is 0 Å². The van der Waals surface area contributed by atoms with Gasteiger partial charge in [-0.1, -0.05) is 6.92 Å². The van der Waals surface area contributed by atoms with Gasteiger partial charge in [-0.3, -0.25) is 0 Å². The van der Waals surface area contributed by atoms with Crippen LogP contribution in [0.4, 0.5) is 0 Å². The van der Waals surface area contributed by atoms with E-state index >= 15 is 0 Å². The van der Waals surface area contributed by atoms with Crippen LogP contribution in [0.1, 0.15) is 19.8 Å². The Bertz CT molecular complexity index is 72.6. The van der Waals surface area contributed by atoms with Gasteiger partial charge in [-0.05, 0) is 31.6 Å². The van der Waals surface area contributed by atoms with Crippen molar-refractivity contribution in [1.82, 2.24) is 0 Å². The molecule has 0 aliphatic carbocycles. The Morgan fingerprint density at radius 2 is 2.00 bits per heavy atom. The summed E-state index contributed by atoms with van der Waals surface area (Å²) in [5.41, 5.74) is 0. The van der Waals surface area contributed by atoms with E-state index < -0.39 is 0 Å². The van der Waals surface area contributed by atoms with E-state index in [2.05, 4.69) is 6.92 Å². The van der Waals surface area contributed by atoms with Crippen LogP contribution in [0, 0.1) is 18.8 Å². The predicted molar refractivity (Wildman–Crippen MR) is 37.0 cm³/mol. The van der Waals surface area contributed by atoms with E-state index in [1.54, 1.807) is 0 Å². The first kappa shape index (κ1) is 7.07. The van der Waals surface area contributed by atoms with Crippen LogP contribution in [-0.2, 0) is 4.74 Å². The van der Waals surface area contributed by atoms with Gasteiger partial charge in [-0.25, -0.2) is 0 Å². The van der Waals surface area contributed by atoms with Crippen LogP contribution in [0.3, 0.4) is 0 Å². The third-order valence-corrected chi connectivity index (χ3v) is 2.01. The SMILES string of the molecule is [CH]C(C)C1CCOCC1. The zero-order valence-electron chi connectivity index (χ0n) is 5.97. The van der Waals surface area contributed by atoms with Gasteiger partial charge in [0, 0.05) is 13.2 Å². The molecule has 0 spiro atoms. The van der Waals surface area contributed by atoms with Crippen molar-refractivity contribution in [3.8, 4) is 0 Å². The molecule has 1 fully saturated rings. The molecule has 0 saturated carbocycles. The fraction of sp³-hybridized carbons (Fsp3) is 0.875. The lowest BCUT2D eigenvalue weighted by molar-refractivity contribution is 0.0557. The number of ether oxygens (including phenoxy) is 1. The maximum absolute atomic E-state index is 5.71. The molecule has 0 amide bonds. The van der Waals surface area contributed by atoms with Gasteiger partial charge in [0.25, 0.3) is 0 Å². The quantitative estimate of drug-likeness (QED) is 0.520. The fourth-order valence-electron chi connectivity index (χ4n) is 1.24. The molecule has 1 atom stereocenters. The largest absolute Gasteiger partial charge is 0.381 e. The van der Waals surface area contributed by atoms with Crippen molar-refractivity contribution in [2.75, 3.05) is 13.2 Å². The summed E-state index contributed by atoms with van der Waals surface area (Å²) in [7, 11) is 0. The number of hydrogen-bond acceptors (Lipinski definition) is 1. The second-order valence-corrected chi connectivity index (χ2v) is 2.81. The molecule has 0 aromatic heterocycles. The minimum atomic E-state index is 0.355. The van der Waals surface area contributed by atoms with Crippen molar-refractivity contribution in [2.45, 2.75) is 19.8 Å². The highest BCUT2D eigenvalue weighted by molar-refractivity contribution is 4.70. The van der Waals surface area contributed by atoms with E-state index in [4.69, 9.17) is 11.7 Å². The summed E-state index contributed by atoms with van der Waals surface area (Å²) in [6.45, 7) is 9.61. The highest BCUT2D eigenvalue weighted by Gasteiger charge is 2.16. The average molecular weight is 126 g/mol. The summed E-state index contributed by atoms with van der Waals surface area (Å²) < 4.78 is 5.19. The van der Waals surface area contributed by atoms with Crippen LogP contribution in [0.15, 0.2) is 0 Å². The summed E-state index contributed by atoms with van der Waals surface area (Å²) in [4.78, 5) is 0. The first-order valence-corrected chi connectivity index (χ1v) is 3.64. The smallest absolute Gasteiger partial charge is 0.0468 e. The number of rotatable bonds is 1. The summed E-state index contributed by atoms with van der Waals surface area (Å²) in [6.07, 6.45) is 2.30. The highest BCUT2D eigenvalue weighted by Crippen LogP contribution is 2.21. The Balaban J connectivity index is 2.23. The minimum absolute atomic E-state index is 0.355. The zero-order valence-corrected chi connectivity index (χ0v) is 5.97. The zero-order chi connectivity index (χ0) is 6.69. The molecule has 1 nitrogen and oxygen atoms in total. The third kappa shape index (κ3) is 1.98. The van der Waals surface area contributed by atoms with E-state index in [1.165, 1.54) is 0 Å². The van der Waals surface area contributed by atoms with E-state index in [9.17, 15) is 0 Å². The molecular formula is C8H14O. The van der Waals surface area contributed by atoms with E-state index in [0.717, 1.165) is 26.1 Å². The first-order chi connectivity index (χ1) is 4.30. The molecule has 1 rings (SSSR count). The second kappa shape index (κ2) is 3.21. The summed E-state index contributed by atoms with van der Waals surface area (Å²) in [5.74, 6) is 1.06. The first-order valence-electron chi connectivity index (χ1n) is 3.64. The normalized spacial score (nSPS) is 23.0. The lowest BCUT2D eigenvalue weighted by Crippen LogP contribution is -2.19. The summed E-state index contributed by atoms with van der Waals surface area (Å²) >= 11 is 0. The topological polar surface area (TPSA) is 9.23 Å². The maximum atomic E-state index is 5.71. The van der Waals surface area contributed by atoms with Crippen molar-refractivity contribution in [2.24, 2.45) is 11.8 Å². The van der Waals surface area contributed by atoms with E-state index in [-0.39, 0.29) is 0 Å². The van der Waals surface area contributed by atoms with Gasteiger partial charge in [0.2, 0.25) is 0 Å². The Kier molecular flexibility index (Phi) is 2.52. The molecule has 1 heteroatoms. The molecule has 1 aliphatic heterocycles. The van der Waals surface area contributed by atoms with Gasteiger partial charge in [-0.15, -0.1) is 0 Å². The van der Waals surface area contributed by atoms with Crippen molar-refractivity contribution in [1.29, 1.82) is 0 Å². The standard InChI is InChI=1S/C8H14O/c1-7(2)8-3-5-9-6-4-8/h1,7-8H,3-6H2,2H3. The molecule has 0 aromatic rings. The summed E-state index contributed by atoms with van der Waals surface area (Å²) in [5, 5.41) is 0. The van der Waals surface area contributed by atoms with Crippen molar-refractivity contribution in [3.05, 3.63) is 6.92 Å². The fourth-order valence-corrected chi connectivity index (χ4v) is 1.24. The molecule has 52 valence electrons. The molecule has 0 bridgehead atoms. The molecule has 1 saturated heterocycles. The van der Waals surface area contributed by atoms with Crippen molar-refractivity contribution >= 4 is 0 Å². The predicted octanol–water partition coefficient (Wildman–Crippen LogP) is 1.76. The van der Waals surface area contributed by atoms with Gasteiger partial charge >= 0.3 is 0 Å². The van der Waals surface area contributed by atoms with Crippen LogP contribution < -0.4 is 0 Å². The van der Waals surface area contributed by atoms with Gasteiger partial charge in [0.15, 0.2) is 0 Å². The Hall–Kier alpha value is -0.0400. The third-order valence-electron chi connectivity index (χ3n) is 2.01. The molecule has 2 radical (unpaired) electrons. The van der Waals surface area contributed by atoms with Gasteiger partial charge in [-0.2, -0.15) is 0 Å². The number of hydrogen-bond donors (Lipinski definition) is 0. The maximum Gasteiger partial charge on any atom is 0.0468 e. The molecule has 1 aliphatic rings. The minimum Gasteiger partial charge on any atom is -0.381 e. The van der Waals surface area contributed by atoms with Gasteiger partial charge in [0.05, 0.1) is 0 Å². The van der Waals surface area contributed by atoms with E-state index in [0.29, 0.717) is 11.8 Å². The molecule has 0 N–H and O–H groups in total. The Labute approximate surface area is 57.4 Å². The summed E-state index contributed by atoms with van der Waals surface area (Å²) in [6, 6.07) is 0. The monoisotopic (exact) mass is 126 g/mol. The molecule has 1 heterocycles. The lowest BCUT2D eigenvalue weighted by atomic mass is 9.89. The average Bonchev–Trinajstić information content (AvgIpc) is 1.90. The van der Waals surface area contributed by atoms with Crippen LogP contribution in [-0.4, -0.2) is 13.2 Å². The molecular weight excluding hydrogens is 112 g/mol. The Morgan fingerprint density at radius 1 is 1.44 bits per heavy atom. The van der Waals surface area contributed by atoms with Crippen molar-refractivity contribution < 1.29 is 4.74 Å². The van der Waals surface area contributed by atoms with Crippen LogP contribution in [0.2, 0.25) is 0 Å². The van der Waals surface area contributed by atoms with Gasteiger partial charge < -0.3 is 4.74 Å². The van der Waals surface area contributed by atoms with Crippen LogP contribution >= 0.6 is 0 Å². The lowest BCUT2D eigenvalue weighted by Gasteiger charge is -2.24. The molecule has 1 unspecified atom stereocenters.